The summed E-state index contributed by atoms with van der Waals surface area (Å²) in [5.74, 6) is 5.50. The van der Waals surface area contributed by atoms with E-state index in [1.165, 1.54) is 32.1 Å². The van der Waals surface area contributed by atoms with Crippen molar-refractivity contribution >= 4 is 5.91 Å². The molecule has 1 aliphatic rings. The smallest absolute Gasteiger partial charge is 0.262 e. The van der Waals surface area contributed by atoms with Gasteiger partial charge in [-0.05, 0) is 25.2 Å². The van der Waals surface area contributed by atoms with Gasteiger partial charge in [-0.1, -0.05) is 26.2 Å². The van der Waals surface area contributed by atoms with Gasteiger partial charge in [0.05, 0.1) is 6.61 Å². The zero-order valence-corrected chi connectivity index (χ0v) is 9.50. The van der Waals surface area contributed by atoms with Crippen LogP contribution in [0, 0.1) is 5.92 Å². The molecule has 1 amide bonds. The zero-order valence-electron chi connectivity index (χ0n) is 9.50. The third kappa shape index (κ3) is 4.18. The van der Waals surface area contributed by atoms with Crippen LogP contribution in [-0.2, 0) is 9.53 Å². The first-order valence-electron chi connectivity index (χ1n) is 5.90. The van der Waals surface area contributed by atoms with Crippen molar-refractivity contribution in [3.63, 3.8) is 0 Å². The Kier molecular flexibility index (Phi) is 5.65. The predicted molar refractivity (Wildman–Crippen MR) is 58.9 cm³/mol. The van der Waals surface area contributed by atoms with Crippen LogP contribution in [0.25, 0.3) is 0 Å². The van der Waals surface area contributed by atoms with Crippen LogP contribution in [0.1, 0.15) is 45.4 Å². The van der Waals surface area contributed by atoms with Gasteiger partial charge < -0.3 is 4.74 Å². The van der Waals surface area contributed by atoms with E-state index in [-0.39, 0.29) is 12.0 Å². The molecule has 15 heavy (non-hydrogen) atoms. The minimum absolute atomic E-state index is 0.215. The Morgan fingerprint density at radius 1 is 1.47 bits per heavy atom. The molecule has 3 N–H and O–H groups in total. The number of ether oxygens (including phenoxy) is 1. The van der Waals surface area contributed by atoms with Gasteiger partial charge in [-0.15, -0.1) is 0 Å². The number of rotatable bonds is 5. The second-order valence-electron chi connectivity index (χ2n) is 4.24. The van der Waals surface area contributed by atoms with Crippen molar-refractivity contribution in [2.45, 2.75) is 51.6 Å². The highest BCUT2D eigenvalue weighted by Gasteiger charge is 2.19. The SMILES string of the molecule is CCC(OCC1CCCCC1)C(=O)NN. The first kappa shape index (κ1) is 12.5. The van der Waals surface area contributed by atoms with E-state index in [4.69, 9.17) is 10.6 Å². The average molecular weight is 214 g/mol. The maximum Gasteiger partial charge on any atom is 0.262 e. The number of nitrogens with one attached hydrogen (secondary N) is 1. The second kappa shape index (κ2) is 6.80. The van der Waals surface area contributed by atoms with Gasteiger partial charge in [-0.25, -0.2) is 5.84 Å². The van der Waals surface area contributed by atoms with E-state index < -0.39 is 0 Å². The molecule has 0 radical (unpaired) electrons. The summed E-state index contributed by atoms with van der Waals surface area (Å²) in [4.78, 5) is 11.3. The van der Waals surface area contributed by atoms with Gasteiger partial charge in [0.15, 0.2) is 0 Å². The lowest BCUT2D eigenvalue weighted by molar-refractivity contribution is -0.134. The van der Waals surface area contributed by atoms with Gasteiger partial charge in [-0.2, -0.15) is 0 Å². The van der Waals surface area contributed by atoms with Crippen LogP contribution in [0.3, 0.4) is 0 Å². The molecule has 0 aromatic heterocycles. The van der Waals surface area contributed by atoms with Crippen molar-refractivity contribution in [1.82, 2.24) is 5.43 Å². The molecule has 0 saturated heterocycles. The second-order valence-corrected chi connectivity index (χ2v) is 4.24. The fourth-order valence-corrected chi connectivity index (χ4v) is 2.08. The lowest BCUT2D eigenvalue weighted by Gasteiger charge is -2.23. The number of hydrogen-bond acceptors (Lipinski definition) is 3. The Labute approximate surface area is 91.5 Å². The quantitative estimate of drug-likeness (QED) is 0.412. The molecular formula is C11H22N2O2. The monoisotopic (exact) mass is 214 g/mol. The van der Waals surface area contributed by atoms with Gasteiger partial charge in [0, 0.05) is 0 Å². The van der Waals surface area contributed by atoms with E-state index >= 15 is 0 Å². The molecule has 1 atom stereocenters. The Morgan fingerprint density at radius 2 is 2.13 bits per heavy atom. The Morgan fingerprint density at radius 3 is 2.67 bits per heavy atom. The summed E-state index contributed by atoms with van der Waals surface area (Å²) < 4.78 is 5.59. The summed E-state index contributed by atoms with van der Waals surface area (Å²) >= 11 is 0. The molecule has 4 heteroatoms. The molecule has 0 aliphatic heterocycles. The van der Waals surface area contributed by atoms with Crippen molar-refractivity contribution in [2.75, 3.05) is 6.61 Å². The minimum Gasteiger partial charge on any atom is -0.368 e. The van der Waals surface area contributed by atoms with E-state index in [0.29, 0.717) is 18.9 Å². The first-order valence-corrected chi connectivity index (χ1v) is 5.90. The van der Waals surface area contributed by atoms with Gasteiger partial charge in [0.25, 0.3) is 5.91 Å². The van der Waals surface area contributed by atoms with E-state index in [1.54, 1.807) is 0 Å². The normalized spacial score (nSPS) is 19.9. The fourth-order valence-electron chi connectivity index (χ4n) is 2.08. The van der Waals surface area contributed by atoms with E-state index in [0.717, 1.165) is 0 Å². The van der Waals surface area contributed by atoms with Crippen molar-refractivity contribution in [3.8, 4) is 0 Å². The van der Waals surface area contributed by atoms with Crippen LogP contribution in [0.5, 0.6) is 0 Å². The average Bonchev–Trinajstić information content (AvgIpc) is 2.31. The van der Waals surface area contributed by atoms with Crippen LogP contribution in [-0.4, -0.2) is 18.6 Å². The van der Waals surface area contributed by atoms with E-state index in [9.17, 15) is 4.79 Å². The standard InChI is InChI=1S/C11H22N2O2/c1-2-10(11(14)13-12)15-8-9-6-4-3-5-7-9/h9-10H,2-8,12H2,1H3,(H,13,14). The van der Waals surface area contributed by atoms with Gasteiger partial charge >= 0.3 is 0 Å². The van der Waals surface area contributed by atoms with Crippen LogP contribution in [0.15, 0.2) is 0 Å². The molecule has 1 saturated carbocycles. The van der Waals surface area contributed by atoms with Crippen molar-refractivity contribution in [3.05, 3.63) is 0 Å². The first-order chi connectivity index (χ1) is 7.27. The Balaban J connectivity index is 2.23. The van der Waals surface area contributed by atoms with Crippen molar-refractivity contribution in [2.24, 2.45) is 11.8 Å². The number of nitrogens with two attached hydrogens (primary N) is 1. The molecule has 4 nitrogen and oxygen atoms in total. The molecule has 0 aromatic carbocycles. The highest BCUT2D eigenvalue weighted by molar-refractivity contribution is 5.79. The summed E-state index contributed by atoms with van der Waals surface area (Å²) in [5.41, 5.74) is 2.14. The summed E-state index contributed by atoms with van der Waals surface area (Å²) in [6, 6.07) is 0. The number of hydrazine groups is 1. The van der Waals surface area contributed by atoms with Crippen LogP contribution >= 0.6 is 0 Å². The minimum atomic E-state index is -0.378. The predicted octanol–water partition coefficient (Wildman–Crippen LogP) is 1.35. The van der Waals surface area contributed by atoms with Crippen molar-refractivity contribution in [1.29, 1.82) is 0 Å². The number of amides is 1. The summed E-state index contributed by atoms with van der Waals surface area (Å²) in [6.45, 7) is 2.63. The van der Waals surface area contributed by atoms with Gasteiger partial charge in [0.1, 0.15) is 6.10 Å². The zero-order chi connectivity index (χ0) is 11.1. The van der Waals surface area contributed by atoms with Crippen LogP contribution in [0.4, 0.5) is 0 Å². The van der Waals surface area contributed by atoms with Gasteiger partial charge in [0.2, 0.25) is 0 Å². The van der Waals surface area contributed by atoms with Gasteiger partial charge in [-0.3, -0.25) is 10.2 Å². The third-order valence-corrected chi connectivity index (χ3v) is 3.06. The van der Waals surface area contributed by atoms with E-state index in [1.807, 2.05) is 6.92 Å². The number of carbonyl (C=O) groups excluding carboxylic acids is 1. The number of hydrogen-bond donors (Lipinski definition) is 2. The Bertz CT molecular complexity index is 191. The molecule has 88 valence electrons. The highest BCUT2D eigenvalue weighted by Crippen LogP contribution is 2.24. The topological polar surface area (TPSA) is 64.3 Å². The summed E-state index contributed by atoms with van der Waals surface area (Å²) in [7, 11) is 0. The summed E-state index contributed by atoms with van der Waals surface area (Å²) in [5, 5.41) is 0. The maximum atomic E-state index is 11.3. The van der Waals surface area contributed by atoms with Crippen molar-refractivity contribution < 1.29 is 9.53 Å². The molecule has 1 rings (SSSR count). The molecule has 0 bridgehead atoms. The third-order valence-electron chi connectivity index (χ3n) is 3.06. The molecule has 0 aromatic rings. The fraction of sp³-hybridized carbons (Fsp3) is 0.909. The summed E-state index contributed by atoms with van der Waals surface area (Å²) in [6.07, 6.45) is 6.72. The number of carbonyl (C=O) groups is 1. The highest BCUT2D eigenvalue weighted by atomic mass is 16.5. The Hall–Kier alpha value is -0.610. The maximum absolute atomic E-state index is 11.3. The van der Waals surface area contributed by atoms with E-state index in [2.05, 4.69) is 5.43 Å². The van der Waals surface area contributed by atoms with Crippen LogP contribution < -0.4 is 11.3 Å². The molecule has 0 spiro atoms. The molecule has 0 heterocycles. The molecular weight excluding hydrogens is 192 g/mol. The lowest BCUT2D eigenvalue weighted by Crippen LogP contribution is -2.40. The molecule has 1 unspecified atom stereocenters. The largest absolute Gasteiger partial charge is 0.368 e. The molecule has 1 fully saturated rings. The lowest BCUT2D eigenvalue weighted by atomic mass is 9.90. The van der Waals surface area contributed by atoms with Crippen LogP contribution in [0.2, 0.25) is 0 Å². The molecule has 1 aliphatic carbocycles.